The van der Waals surface area contributed by atoms with E-state index >= 15 is 0 Å². The number of unbranched alkanes of at least 4 members (excludes halogenated alkanes) is 3. The molecule has 1 fully saturated rings. The van der Waals surface area contributed by atoms with Gasteiger partial charge in [-0.1, -0.05) is 18.9 Å². The maximum Gasteiger partial charge on any atom is 0.279 e. The number of hydrogen-bond acceptors (Lipinski definition) is 5. The molecule has 160 valence electrons. The predicted molar refractivity (Wildman–Crippen MR) is 111 cm³/mol. The fraction of sp³-hybridized carbons (Fsp3) is 0.700. The van der Waals surface area contributed by atoms with Crippen LogP contribution in [0.1, 0.15) is 44.3 Å². The molecule has 1 aliphatic heterocycles. The molecule has 0 aliphatic carbocycles. The van der Waals surface area contributed by atoms with Crippen molar-refractivity contribution in [2.24, 2.45) is 0 Å². The summed E-state index contributed by atoms with van der Waals surface area (Å²) in [5.41, 5.74) is 0. The van der Waals surface area contributed by atoms with Crippen LogP contribution in [-0.2, 0) is 21.5 Å². The zero-order valence-corrected chi connectivity index (χ0v) is 17.8. The van der Waals surface area contributed by atoms with Crippen molar-refractivity contribution < 1.29 is 17.6 Å². The van der Waals surface area contributed by atoms with E-state index in [1.54, 1.807) is 12.1 Å². The summed E-state index contributed by atoms with van der Waals surface area (Å²) in [5, 5.41) is 0. The minimum atomic E-state index is -3.47. The Labute approximate surface area is 169 Å². The molecule has 7 nitrogen and oxygen atoms in total. The Balaban J connectivity index is 1.52. The Bertz CT molecular complexity index is 640. The highest BCUT2D eigenvalue weighted by Crippen LogP contribution is 2.17. The fourth-order valence-electron chi connectivity index (χ4n) is 3.30. The molecule has 0 unspecified atom stereocenters. The van der Waals surface area contributed by atoms with Crippen LogP contribution in [0.4, 0.5) is 0 Å². The summed E-state index contributed by atoms with van der Waals surface area (Å²) in [6, 6.07) is 3.50. The molecule has 28 heavy (non-hydrogen) atoms. The number of nitrogens with zero attached hydrogens (tertiary/aromatic N) is 2. The van der Waals surface area contributed by atoms with E-state index in [0.717, 1.165) is 39.0 Å². The summed E-state index contributed by atoms with van der Waals surface area (Å²) in [4.78, 5) is 2.27. The smallest absolute Gasteiger partial charge is 0.279 e. The second-order valence-electron chi connectivity index (χ2n) is 7.34. The van der Waals surface area contributed by atoms with Gasteiger partial charge in [-0.3, -0.25) is 0 Å². The first-order valence-corrected chi connectivity index (χ1v) is 11.6. The largest absolute Gasteiger partial charge is 0.468 e. The molecule has 0 bridgehead atoms. The summed E-state index contributed by atoms with van der Waals surface area (Å²) in [7, 11) is -1.36. The zero-order chi connectivity index (χ0) is 20.2. The maximum absolute atomic E-state index is 12.4. The van der Waals surface area contributed by atoms with Crippen LogP contribution in [0.2, 0.25) is 0 Å². The topological polar surface area (TPSA) is 75.0 Å². The molecular weight excluding hydrogens is 378 g/mol. The fourth-order valence-corrected chi connectivity index (χ4v) is 4.50. The van der Waals surface area contributed by atoms with Crippen LogP contribution in [-0.4, -0.2) is 63.6 Å². The molecular formula is C20H35N3O4S. The third-order valence-electron chi connectivity index (χ3n) is 4.98. The van der Waals surface area contributed by atoms with Gasteiger partial charge < -0.3 is 14.1 Å². The van der Waals surface area contributed by atoms with Crippen LogP contribution in [0, 0.1) is 0 Å². The van der Waals surface area contributed by atoms with Crippen molar-refractivity contribution in [3.8, 4) is 0 Å². The summed E-state index contributed by atoms with van der Waals surface area (Å²) in [6.45, 7) is 7.72. The highest BCUT2D eigenvalue weighted by atomic mass is 32.2. The van der Waals surface area contributed by atoms with Crippen LogP contribution < -0.4 is 4.72 Å². The first-order valence-electron chi connectivity index (χ1n) is 10.2. The van der Waals surface area contributed by atoms with Crippen LogP contribution in [0.3, 0.4) is 0 Å². The number of nitrogens with one attached hydrogen (secondary N) is 1. The summed E-state index contributed by atoms with van der Waals surface area (Å²) < 4.78 is 39.9. The van der Waals surface area contributed by atoms with Crippen molar-refractivity contribution in [3.63, 3.8) is 0 Å². The van der Waals surface area contributed by atoms with Gasteiger partial charge >= 0.3 is 0 Å². The first kappa shape index (κ1) is 23.1. The standard InChI is InChI=1S/C20H35N3O4S/c1-3-12-22(2)13-6-4-5-7-16-26-19-10-14-23(15-11-19)28(24,25)21-18-20-9-8-17-27-20/h3,8-9,17,19,21H,1,4-7,10-16,18H2,2H3. The molecule has 2 rings (SSSR count). The Morgan fingerprint density at radius 1 is 1.32 bits per heavy atom. The highest BCUT2D eigenvalue weighted by Gasteiger charge is 2.28. The minimum absolute atomic E-state index is 0.162. The number of hydrogen-bond donors (Lipinski definition) is 1. The van der Waals surface area contributed by atoms with Gasteiger partial charge in [0, 0.05) is 26.2 Å². The van der Waals surface area contributed by atoms with Crippen LogP contribution in [0.25, 0.3) is 0 Å². The molecule has 0 spiro atoms. The number of piperidine rings is 1. The van der Waals surface area contributed by atoms with E-state index < -0.39 is 10.2 Å². The summed E-state index contributed by atoms with van der Waals surface area (Å²) >= 11 is 0. The second kappa shape index (κ2) is 12.4. The molecule has 8 heteroatoms. The lowest BCUT2D eigenvalue weighted by molar-refractivity contribution is 0.0190. The van der Waals surface area contributed by atoms with E-state index in [1.807, 2.05) is 6.08 Å². The van der Waals surface area contributed by atoms with Gasteiger partial charge in [0.25, 0.3) is 10.2 Å². The number of likely N-dealkylation sites (N-methyl/N-ethyl adjacent to an activating group) is 1. The van der Waals surface area contributed by atoms with Crippen molar-refractivity contribution in [1.29, 1.82) is 0 Å². The molecule has 1 aliphatic rings. The number of ether oxygens (including phenoxy) is 1. The average molecular weight is 414 g/mol. The van der Waals surface area contributed by atoms with E-state index in [2.05, 4.69) is 23.2 Å². The van der Waals surface area contributed by atoms with Gasteiger partial charge in [0.15, 0.2) is 0 Å². The molecule has 0 atom stereocenters. The summed E-state index contributed by atoms with van der Waals surface area (Å²) in [6.07, 6.45) is 9.76. The molecule has 1 saturated heterocycles. The Hall–Kier alpha value is -1.19. The van der Waals surface area contributed by atoms with Crippen molar-refractivity contribution in [1.82, 2.24) is 13.9 Å². The van der Waals surface area contributed by atoms with E-state index in [4.69, 9.17) is 9.15 Å². The Kier molecular flexibility index (Phi) is 10.2. The molecule has 1 aromatic rings. The van der Waals surface area contributed by atoms with E-state index in [1.165, 1.54) is 29.8 Å². The molecule has 1 N–H and O–H groups in total. The molecule has 0 saturated carbocycles. The summed E-state index contributed by atoms with van der Waals surface area (Å²) in [5.74, 6) is 0.606. The normalized spacial score (nSPS) is 16.6. The van der Waals surface area contributed by atoms with E-state index in [9.17, 15) is 8.42 Å². The van der Waals surface area contributed by atoms with Crippen molar-refractivity contribution >= 4 is 10.2 Å². The van der Waals surface area contributed by atoms with Gasteiger partial charge in [-0.25, -0.2) is 0 Å². The lowest BCUT2D eigenvalue weighted by Gasteiger charge is -2.31. The van der Waals surface area contributed by atoms with E-state index in [-0.39, 0.29) is 12.6 Å². The second-order valence-corrected chi connectivity index (χ2v) is 9.10. The lowest BCUT2D eigenvalue weighted by atomic mass is 10.1. The predicted octanol–water partition coefficient (Wildman–Crippen LogP) is 2.77. The quantitative estimate of drug-likeness (QED) is 0.375. The third kappa shape index (κ3) is 8.45. The molecule has 1 aromatic heterocycles. The zero-order valence-electron chi connectivity index (χ0n) is 17.0. The molecule has 0 amide bonds. The maximum atomic E-state index is 12.4. The monoisotopic (exact) mass is 413 g/mol. The van der Waals surface area contributed by atoms with Crippen molar-refractivity contribution in [2.45, 2.75) is 51.2 Å². The highest BCUT2D eigenvalue weighted by molar-refractivity contribution is 7.87. The van der Waals surface area contributed by atoms with Gasteiger partial charge in [-0.05, 0) is 51.4 Å². The van der Waals surface area contributed by atoms with Gasteiger partial charge in [-0.15, -0.1) is 6.58 Å². The lowest BCUT2D eigenvalue weighted by Crippen LogP contribution is -2.46. The molecule has 0 radical (unpaired) electrons. The van der Waals surface area contributed by atoms with Crippen LogP contribution in [0.5, 0.6) is 0 Å². The van der Waals surface area contributed by atoms with Crippen molar-refractivity contribution in [2.75, 3.05) is 39.8 Å². The van der Waals surface area contributed by atoms with Gasteiger partial charge in [0.1, 0.15) is 5.76 Å². The van der Waals surface area contributed by atoms with Gasteiger partial charge in [0.05, 0.1) is 18.9 Å². The Morgan fingerprint density at radius 3 is 2.75 bits per heavy atom. The van der Waals surface area contributed by atoms with Crippen LogP contribution >= 0.6 is 0 Å². The third-order valence-corrected chi connectivity index (χ3v) is 6.53. The SMILES string of the molecule is C=CCN(C)CCCCCCOC1CCN(S(=O)(=O)NCc2ccco2)CC1. The molecule has 2 heterocycles. The van der Waals surface area contributed by atoms with Crippen LogP contribution in [0.15, 0.2) is 35.5 Å². The number of furan rings is 1. The average Bonchev–Trinajstić information content (AvgIpc) is 3.20. The van der Waals surface area contributed by atoms with E-state index in [0.29, 0.717) is 18.8 Å². The Morgan fingerprint density at radius 2 is 2.07 bits per heavy atom. The molecule has 0 aromatic carbocycles. The van der Waals surface area contributed by atoms with Crippen molar-refractivity contribution in [3.05, 3.63) is 36.8 Å². The minimum Gasteiger partial charge on any atom is -0.468 e. The van der Waals surface area contributed by atoms with Gasteiger partial charge in [-0.2, -0.15) is 17.4 Å². The first-order chi connectivity index (χ1) is 13.5. The van der Waals surface area contributed by atoms with Gasteiger partial charge in [0.2, 0.25) is 0 Å². The number of rotatable bonds is 14.